The van der Waals surface area contributed by atoms with E-state index in [0.717, 1.165) is 40.1 Å². The maximum Gasteiger partial charge on any atom is 0.137 e. The van der Waals surface area contributed by atoms with Crippen LogP contribution in [0.2, 0.25) is 0 Å². The Bertz CT molecular complexity index is 642. The summed E-state index contributed by atoms with van der Waals surface area (Å²) in [5.41, 5.74) is 1.65. The van der Waals surface area contributed by atoms with Gasteiger partial charge < -0.3 is 9.84 Å². The predicted molar refractivity (Wildman–Crippen MR) is 79.7 cm³/mol. The number of hydrogen-bond acceptors (Lipinski definition) is 4. The third-order valence-electron chi connectivity index (χ3n) is 3.73. The molecule has 1 fully saturated rings. The number of aliphatic hydroxyl groups is 1. The van der Waals surface area contributed by atoms with E-state index in [-0.39, 0.29) is 12.0 Å². The third-order valence-corrected chi connectivity index (χ3v) is 4.35. The average molecular weight is 335 g/mol. The molecular formula is C15H15BrN2O2. The Morgan fingerprint density at radius 1 is 1.35 bits per heavy atom. The summed E-state index contributed by atoms with van der Waals surface area (Å²) < 4.78 is 6.12. The van der Waals surface area contributed by atoms with Gasteiger partial charge in [0, 0.05) is 11.8 Å². The van der Waals surface area contributed by atoms with E-state index in [0.29, 0.717) is 0 Å². The van der Waals surface area contributed by atoms with E-state index in [1.54, 1.807) is 13.3 Å². The lowest BCUT2D eigenvalue weighted by Gasteiger charge is -2.11. The Hall–Kier alpha value is -1.46. The smallest absolute Gasteiger partial charge is 0.137 e. The number of halogens is 1. The lowest BCUT2D eigenvalue weighted by atomic mass is 10.1. The molecule has 2 aromatic rings. The normalized spacial score (nSPS) is 15.9. The second-order valence-electron chi connectivity index (χ2n) is 5.05. The maximum atomic E-state index is 9.48. The fourth-order valence-electron chi connectivity index (χ4n) is 2.20. The van der Waals surface area contributed by atoms with Gasteiger partial charge in [-0.3, -0.25) is 0 Å². The quantitative estimate of drug-likeness (QED) is 0.933. The van der Waals surface area contributed by atoms with Crippen molar-refractivity contribution in [2.24, 2.45) is 0 Å². The zero-order chi connectivity index (χ0) is 14.2. The molecule has 0 amide bonds. The first kappa shape index (κ1) is 13.5. The number of ether oxygens (including phenoxy) is 1. The summed E-state index contributed by atoms with van der Waals surface area (Å²) in [6, 6.07) is 7.73. The van der Waals surface area contributed by atoms with Gasteiger partial charge in [-0.15, -0.1) is 0 Å². The minimum Gasteiger partial charge on any atom is -0.496 e. The maximum absolute atomic E-state index is 9.48. The third kappa shape index (κ3) is 2.31. The highest BCUT2D eigenvalue weighted by molar-refractivity contribution is 9.10. The van der Waals surface area contributed by atoms with E-state index in [4.69, 9.17) is 4.74 Å². The number of rotatable bonds is 4. The zero-order valence-corrected chi connectivity index (χ0v) is 12.7. The number of aliphatic hydroxyl groups excluding tert-OH is 1. The molecule has 0 spiro atoms. The van der Waals surface area contributed by atoms with Gasteiger partial charge in [-0.2, -0.15) is 0 Å². The van der Waals surface area contributed by atoms with Crippen LogP contribution < -0.4 is 4.74 Å². The second kappa shape index (κ2) is 5.14. The van der Waals surface area contributed by atoms with Gasteiger partial charge in [-0.25, -0.2) is 9.97 Å². The van der Waals surface area contributed by atoms with Crippen LogP contribution in [0.15, 0.2) is 34.9 Å². The van der Waals surface area contributed by atoms with Gasteiger partial charge in [-0.1, -0.05) is 0 Å². The Morgan fingerprint density at radius 2 is 2.15 bits per heavy atom. The highest BCUT2D eigenvalue weighted by Crippen LogP contribution is 2.46. The van der Waals surface area contributed by atoms with E-state index >= 15 is 0 Å². The van der Waals surface area contributed by atoms with Crippen LogP contribution >= 0.6 is 15.9 Å². The molecule has 0 radical (unpaired) electrons. The lowest BCUT2D eigenvalue weighted by Crippen LogP contribution is -2.16. The van der Waals surface area contributed by atoms with Gasteiger partial charge in [0.05, 0.1) is 29.3 Å². The van der Waals surface area contributed by atoms with Gasteiger partial charge in [0.2, 0.25) is 0 Å². The SMILES string of the molecule is COc1ccc(-c2ccnc(C3(CO)CC3)n2)cc1Br. The summed E-state index contributed by atoms with van der Waals surface area (Å²) >= 11 is 3.48. The molecule has 1 aliphatic carbocycles. The predicted octanol–water partition coefficient (Wildman–Crippen LogP) is 2.94. The average Bonchev–Trinajstić information content (AvgIpc) is 3.28. The topological polar surface area (TPSA) is 55.2 Å². The van der Waals surface area contributed by atoms with Gasteiger partial charge in [-0.05, 0) is 53.0 Å². The second-order valence-corrected chi connectivity index (χ2v) is 5.91. The van der Waals surface area contributed by atoms with Gasteiger partial charge in [0.15, 0.2) is 0 Å². The molecule has 4 nitrogen and oxygen atoms in total. The number of aromatic nitrogens is 2. The number of nitrogens with zero attached hydrogens (tertiary/aromatic N) is 2. The van der Waals surface area contributed by atoms with Crippen LogP contribution in [0.1, 0.15) is 18.7 Å². The Kier molecular flexibility index (Phi) is 3.48. The molecule has 3 rings (SSSR count). The van der Waals surface area contributed by atoms with Crippen molar-refractivity contribution < 1.29 is 9.84 Å². The van der Waals surface area contributed by atoms with E-state index < -0.39 is 0 Å². The van der Waals surface area contributed by atoms with Crippen molar-refractivity contribution in [3.8, 4) is 17.0 Å². The Balaban J connectivity index is 1.98. The molecule has 1 aromatic carbocycles. The van der Waals surface area contributed by atoms with E-state index in [1.165, 1.54) is 0 Å². The molecule has 104 valence electrons. The molecule has 1 N–H and O–H groups in total. The molecule has 1 aromatic heterocycles. The summed E-state index contributed by atoms with van der Waals surface area (Å²) in [6.45, 7) is 0.114. The van der Waals surface area contributed by atoms with Crippen LogP contribution in [-0.2, 0) is 5.41 Å². The monoisotopic (exact) mass is 334 g/mol. The molecule has 0 unspecified atom stereocenters. The molecule has 0 saturated heterocycles. The number of hydrogen-bond donors (Lipinski definition) is 1. The largest absolute Gasteiger partial charge is 0.496 e. The molecule has 1 aliphatic rings. The number of benzene rings is 1. The highest BCUT2D eigenvalue weighted by Gasteiger charge is 2.46. The molecule has 0 aliphatic heterocycles. The summed E-state index contributed by atoms with van der Waals surface area (Å²) in [5, 5.41) is 9.48. The molecule has 5 heteroatoms. The first-order chi connectivity index (χ1) is 9.68. The van der Waals surface area contributed by atoms with Gasteiger partial charge >= 0.3 is 0 Å². The van der Waals surface area contributed by atoms with Crippen molar-refractivity contribution in [2.75, 3.05) is 13.7 Å². The van der Waals surface area contributed by atoms with E-state index in [2.05, 4.69) is 25.9 Å². The first-order valence-corrected chi connectivity index (χ1v) is 7.26. The first-order valence-electron chi connectivity index (χ1n) is 6.47. The standard InChI is InChI=1S/C15H15BrN2O2/c1-20-13-3-2-10(8-11(13)16)12-4-7-17-14(18-12)15(9-19)5-6-15/h2-4,7-8,19H,5-6,9H2,1H3. The van der Waals surface area contributed by atoms with E-state index in [1.807, 2.05) is 24.3 Å². The minimum atomic E-state index is -0.209. The molecule has 1 heterocycles. The minimum absolute atomic E-state index is 0.114. The van der Waals surface area contributed by atoms with Crippen LogP contribution in [0.25, 0.3) is 11.3 Å². The number of methoxy groups -OCH3 is 1. The van der Waals surface area contributed by atoms with Crippen molar-refractivity contribution in [3.63, 3.8) is 0 Å². The fraction of sp³-hybridized carbons (Fsp3) is 0.333. The fourth-order valence-corrected chi connectivity index (χ4v) is 2.74. The highest BCUT2D eigenvalue weighted by atomic mass is 79.9. The Labute approximate surface area is 126 Å². The summed E-state index contributed by atoms with van der Waals surface area (Å²) in [5.74, 6) is 1.53. The van der Waals surface area contributed by atoms with Crippen molar-refractivity contribution >= 4 is 15.9 Å². The van der Waals surface area contributed by atoms with Crippen LogP contribution in [0.5, 0.6) is 5.75 Å². The molecule has 20 heavy (non-hydrogen) atoms. The Morgan fingerprint density at radius 3 is 2.75 bits per heavy atom. The van der Waals surface area contributed by atoms with Gasteiger partial charge in [0.1, 0.15) is 11.6 Å². The lowest BCUT2D eigenvalue weighted by molar-refractivity contribution is 0.250. The van der Waals surface area contributed by atoms with Gasteiger partial charge in [0.25, 0.3) is 0 Å². The summed E-state index contributed by atoms with van der Waals surface area (Å²) in [6.07, 6.45) is 3.67. The summed E-state index contributed by atoms with van der Waals surface area (Å²) in [4.78, 5) is 8.93. The summed E-state index contributed by atoms with van der Waals surface area (Å²) in [7, 11) is 1.64. The van der Waals surface area contributed by atoms with Crippen molar-refractivity contribution in [1.29, 1.82) is 0 Å². The van der Waals surface area contributed by atoms with E-state index in [9.17, 15) is 5.11 Å². The van der Waals surface area contributed by atoms with Crippen LogP contribution in [-0.4, -0.2) is 28.8 Å². The zero-order valence-electron chi connectivity index (χ0n) is 11.1. The van der Waals surface area contributed by atoms with Crippen LogP contribution in [0, 0.1) is 0 Å². The van der Waals surface area contributed by atoms with Crippen molar-refractivity contribution in [3.05, 3.63) is 40.8 Å². The van der Waals surface area contributed by atoms with Crippen LogP contribution in [0.3, 0.4) is 0 Å². The molecular weight excluding hydrogens is 320 g/mol. The molecule has 1 saturated carbocycles. The van der Waals surface area contributed by atoms with Crippen molar-refractivity contribution in [1.82, 2.24) is 9.97 Å². The van der Waals surface area contributed by atoms with Crippen molar-refractivity contribution in [2.45, 2.75) is 18.3 Å². The van der Waals surface area contributed by atoms with Crippen LogP contribution in [0.4, 0.5) is 0 Å². The molecule has 0 bridgehead atoms. The molecule has 0 atom stereocenters.